The summed E-state index contributed by atoms with van der Waals surface area (Å²) in [6.45, 7) is 1.06. The lowest BCUT2D eigenvalue weighted by molar-refractivity contribution is -0.176. The second kappa shape index (κ2) is 9.10. The zero-order valence-corrected chi connectivity index (χ0v) is 18.5. The number of para-hydroxylation sites is 1. The predicted molar refractivity (Wildman–Crippen MR) is 125 cm³/mol. The van der Waals surface area contributed by atoms with Crippen molar-refractivity contribution in [3.63, 3.8) is 0 Å². The fourth-order valence-corrected chi connectivity index (χ4v) is 5.13. The van der Waals surface area contributed by atoms with Crippen LogP contribution in [-0.4, -0.2) is 24.5 Å². The molecule has 168 valence electrons. The van der Waals surface area contributed by atoms with Crippen LogP contribution in [0, 0.1) is 5.41 Å². The van der Waals surface area contributed by atoms with Gasteiger partial charge in [-0.3, -0.25) is 9.59 Å². The van der Waals surface area contributed by atoms with Gasteiger partial charge in [0.2, 0.25) is 0 Å². The van der Waals surface area contributed by atoms with Crippen LogP contribution in [-0.2, 0) is 38.7 Å². The van der Waals surface area contributed by atoms with Gasteiger partial charge >= 0.3 is 11.9 Å². The number of esters is 2. The van der Waals surface area contributed by atoms with E-state index in [-0.39, 0.29) is 25.7 Å². The number of nitrogens with zero attached hydrogens (tertiary/aromatic N) is 1. The molecule has 0 N–H and O–H groups in total. The van der Waals surface area contributed by atoms with Crippen molar-refractivity contribution in [3.8, 4) is 0 Å². The highest BCUT2D eigenvalue weighted by atomic mass is 16.6. The molecule has 0 amide bonds. The number of rotatable bonds is 6. The maximum atomic E-state index is 13.7. The average Bonchev–Trinajstić information content (AvgIpc) is 3.37. The van der Waals surface area contributed by atoms with Crippen molar-refractivity contribution < 1.29 is 19.1 Å². The minimum Gasteiger partial charge on any atom is -0.460 e. The molecule has 5 rings (SSSR count). The van der Waals surface area contributed by atoms with Gasteiger partial charge in [0.05, 0.1) is 6.04 Å². The van der Waals surface area contributed by atoms with E-state index in [1.165, 1.54) is 0 Å². The number of benzene rings is 3. The van der Waals surface area contributed by atoms with E-state index in [1.807, 2.05) is 78.9 Å². The molecule has 0 aliphatic carbocycles. The van der Waals surface area contributed by atoms with Gasteiger partial charge in [-0.2, -0.15) is 0 Å². The molecule has 2 aliphatic heterocycles. The van der Waals surface area contributed by atoms with E-state index in [0.29, 0.717) is 0 Å². The molecule has 0 radical (unpaired) electrons. The summed E-state index contributed by atoms with van der Waals surface area (Å²) in [5.74, 6) is -1.01. The van der Waals surface area contributed by atoms with Gasteiger partial charge in [-0.1, -0.05) is 78.9 Å². The molecule has 3 aromatic rings. The lowest BCUT2D eigenvalue weighted by Crippen LogP contribution is -2.59. The number of carbonyl (C=O) groups is 2. The first-order valence-corrected chi connectivity index (χ1v) is 11.5. The van der Waals surface area contributed by atoms with E-state index in [4.69, 9.17) is 9.47 Å². The summed E-state index contributed by atoms with van der Waals surface area (Å²) >= 11 is 0. The summed E-state index contributed by atoms with van der Waals surface area (Å²) < 4.78 is 11.6. The topological polar surface area (TPSA) is 55.8 Å². The fraction of sp³-hybridized carbons (Fsp3) is 0.286. The summed E-state index contributed by atoms with van der Waals surface area (Å²) in [7, 11) is 0. The zero-order chi connectivity index (χ0) is 22.7. The van der Waals surface area contributed by atoms with Crippen LogP contribution in [0.15, 0.2) is 84.9 Å². The first-order chi connectivity index (χ1) is 16.2. The van der Waals surface area contributed by atoms with E-state index in [9.17, 15) is 9.59 Å². The van der Waals surface area contributed by atoms with Gasteiger partial charge in [-0.05, 0) is 35.6 Å². The maximum absolute atomic E-state index is 13.7. The normalized spacial score (nSPS) is 18.2. The summed E-state index contributed by atoms with van der Waals surface area (Å²) in [6, 6.07) is 26.8. The van der Waals surface area contributed by atoms with Crippen LogP contribution in [0.3, 0.4) is 0 Å². The number of hydrogen-bond acceptors (Lipinski definition) is 5. The maximum Gasteiger partial charge on any atom is 0.326 e. The zero-order valence-electron chi connectivity index (χ0n) is 18.5. The molecule has 5 nitrogen and oxygen atoms in total. The molecule has 0 aromatic heterocycles. The molecule has 5 heteroatoms. The lowest BCUT2D eigenvalue weighted by atomic mass is 9.71. The fourth-order valence-electron chi connectivity index (χ4n) is 5.13. The van der Waals surface area contributed by atoms with E-state index in [0.717, 1.165) is 41.8 Å². The van der Waals surface area contributed by atoms with E-state index >= 15 is 0 Å². The van der Waals surface area contributed by atoms with Crippen LogP contribution in [0.1, 0.15) is 29.5 Å². The molecule has 0 bridgehead atoms. The molecule has 1 fully saturated rings. The highest BCUT2D eigenvalue weighted by Gasteiger charge is 2.60. The minimum absolute atomic E-state index is 0.127. The van der Waals surface area contributed by atoms with Crippen molar-refractivity contribution in [2.45, 2.75) is 38.5 Å². The number of ether oxygens (including phenoxy) is 2. The van der Waals surface area contributed by atoms with Gasteiger partial charge < -0.3 is 14.4 Å². The van der Waals surface area contributed by atoms with Gasteiger partial charge in [-0.25, -0.2) is 0 Å². The Morgan fingerprint density at radius 3 is 1.94 bits per heavy atom. The van der Waals surface area contributed by atoms with E-state index in [2.05, 4.69) is 11.0 Å². The summed E-state index contributed by atoms with van der Waals surface area (Å²) in [6.07, 6.45) is 1.94. The van der Waals surface area contributed by atoms with Crippen molar-refractivity contribution in [2.75, 3.05) is 11.4 Å². The monoisotopic (exact) mass is 441 g/mol. The van der Waals surface area contributed by atoms with Crippen LogP contribution in [0.4, 0.5) is 5.69 Å². The molecule has 1 atom stereocenters. The third kappa shape index (κ3) is 3.99. The molecule has 3 aromatic carbocycles. The Morgan fingerprint density at radius 1 is 0.788 bits per heavy atom. The van der Waals surface area contributed by atoms with Crippen LogP contribution in [0.25, 0.3) is 0 Å². The van der Waals surface area contributed by atoms with Crippen LogP contribution < -0.4 is 4.90 Å². The number of carbonyl (C=O) groups excluding carboxylic acids is 2. The van der Waals surface area contributed by atoms with Crippen molar-refractivity contribution >= 4 is 17.6 Å². The molecule has 1 saturated heterocycles. The van der Waals surface area contributed by atoms with Crippen LogP contribution >= 0.6 is 0 Å². The Hall–Kier alpha value is -3.60. The highest BCUT2D eigenvalue weighted by molar-refractivity contribution is 6.03. The van der Waals surface area contributed by atoms with Crippen molar-refractivity contribution in [2.24, 2.45) is 5.41 Å². The molecule has 33 heavy (non-hydrogen) atoms. The standard InChI is InChI=1S/C28H27NO4/c30-26(32-19-21-10-3-1-4-11-21)28(27(31)33-20-22-12-5-2-6-13-22)18-23-14-7-8-15-24(23)29-17-9-16-25(28)29/h1-8,10-15,25H,9,16-20H2. The molecule has 2 heterocycles. The first-order valence-electron chi connectivity index (χ1n) is 11.5. The molecule has 0 saturated carbocycles. The second-order valence-corrected chi connectivity index (χ2v) is 8.75. The molecule has 2 aliphatic rings. The van der Waals surface area contributed by atoms with Crippen LogP contribution in [0.5, 0.6) is 0 Å². The third-order valence-electron chi connectivity index (χ3n) is 6.75. The minimum atomic E-state index is -1.39. The SMILES string of the molecule is O=C(OCc1ccccc1)C1(C(=O)OCc2ccccc2)Cc2ccccc2N2CCCC21. The van der Waals surface area contributed by atoms with E-state index in [1.54, 1.807) is 0 Å². The number of fused-ring (bicyclic) bond motifs is 3. The third-order valence-corrected chi connectivity index (χ3v) is 6.75. The number of anilines is 1. The van der Waals surface area contributed by atoms with E-state index < -0.39 is 17.4 Å². The second-order valence-electron chi connectivity index (χ2n) is 8.75. The highest BCUT2D eigenvalue weighted by Crippen LogP contribution is 2.47. The summed E-state index contributed by atoms with van der Waals surface area (Å²) in [5, 5.41) is 0. The Morgan fingerprint density at radius 2 is 1.33 bits per heavy atom. The molecular formula is C28H27NO4. The van der Waals surface area contributed by atoms with Crippen molar-refractivity contribution in [1.29, 1.82) is 0 Å². The van der Waals surface area contributed by atoms with Crippen molar-refractivity contribution in [1.82, 2.24) is 0 Å². The van der Waals surface area contributed by atoms with Gasteiger partial charge in [-0.15, -0.1) is 0 Å². The Labute approximate surface area is 193 Å². The predicted octanol–water partition coefficient (Wildman–Crippen LogP) is 4.68. The molecular weight excluding hydrogens is 414 g/mol. The first kappa shape index (κ1) is 21.3. The van der Waals surface area contributed by atoms with Gasteiger partial charge in [0.1, 0.15) is 13.2 Å². The molecule has 1 unspecified atom stereocenters. The summed E-state index contributed by atoms with van der Waals surface area (Å²) in [5.41, 5.74) is 2.46. The summed E-state index contributed by atoms with van der Waals surface area (Å²) in [4.78, 5) is 29.7. The van der Waals surface area contributed by atoms with Crippen molar-refractivity contribution in [3.05, 3.63) is 102 Å². The number of hydrogen-bond donors (Lipinski definition) is 0. The van der Waals surface area contributed by atoms with Gasteiger partial charge in [0, 0.05) is 18.7 Å². The smallest absolute Gasteiger partial charge is 0.326 e. The molecule has 0 spiro atoms. The largest absolute Gasteiger partial charge is 0.460 e. The quantitative estimate of drug-likeness (QED) is 0.411. The van der Waals surface area contributed by atoms with Gasteiger partial charge in [0.15, 0.2) is 5.41 Å². The Bertz CT molecular complexity index is 1070. The van der Waals surface area contributed by atoms with Crippen LogP contribution in [0.2, 0.25) is 0 Å². The van der Waals surface area contributed by atoms with Gasteiger partial charge in [0.25, 0.3) is 0 Å². The Kier molecular flexibility index (Phi) is 5.86. The Balaban J connectivity index is 1.47. The lowest BCUT2D eigenvalue weighted by Gasteiger charge is -2.45. The average molecular weight is 442 g/mol.